The third-order valence-electron chi connectivity index (χ3n) is 3.49. The molecule has 6 heteroatoms. The molecule has 0 bridgehead atoms. The van der Waals surface area contributed by atoms with E-state index < -0.39 is 0 Å². The molecule has 0 spiro atoms. The zero-order valence-electron chi connectivity index (χ0n) is 13.3. The normalized spacial score (nSPS) is 11.8. The van der Waals surface area contributed by atoms with E-state index in [0.717, 1.165) is 23.2 Å². The summed E-state index contributed by atoms with van der Waals surface area (Å²) in [5.74, 6) is 0.877. The van der Waals surface area contributed by atoms with E-state index in [1.54, 1.807) is 11.3 Å². The lowest BCUT2D eigenvalue weighted by Crippen LogP contribution is -2.38. The highest BCUT2D eigenvalue weighted by molar-refractivity contribution is 7.11. The van der Waals surface area contributed by atoms with Crippen molar-refractivity contribution in [3.63, 3.8) is 0 Å². The molecule has 0 radical (unpaired) electrons. The second-order valence-electron chi connectivity index (χ2n) is 5.12. The van der Waals surface area contributed by atoms with E-state index in [2.05, 4.69) is 57.1 Å². The standard InChI is InChI=1S/C15H23N5S/c1-11-12(2)21-14(18-11)9-17-15(16-3)20(5)10-13-7-6-8-19(13)4/h6-8H,9-10H2,1-5H3,(H,16,17). The van der Waals surface area contributed by atoms with Gasteiger partial charge >= 0.3 is 0 Å². The summed E-state index contributed by atoms with van der Waals surface area (Å²) in [5.41, 5.74) is 2.37. The summed E-state index contributed by atoms with van der Waals surface area (Å²) in [6.07, 6.45) is 2.06. The summed E-state index contributed by atoms with van der Waals surface area (Å²) in [7, 11) is 5.91. The first-order valence-corrected chi connectivity index (χ1v) is 7.77. The van der Waals surface area contributed by atoms with Gasteiger partial charge in [0.25, 0.3) is 0 Å². The van der Waals surface area contributed by atoms with Crippen LogP contribution in [0.4, 0.5) is 0 Å². The molecule has 1 N–H and O–H groups in total. The maximum atomic E-state index is 4.54. The second-order valence-corrected chi connectivity index (χ2v) is 6.40. The summed E-state index contributed by atoms with van der Waals surface area (Å²) in [5, 5.41) is 4.47. The van der Waals surface area contributed by atoms with Gasteiger partial charge in [0.15, 0.2) is 5.96 Å². The van der Waals surface area contributed by atoms with Gasteiger partial charge in [0.2, 0.25) is 0 Å². The molecule has 0 fully saturated rings. The second kappa shape index (κ2) is 6.76. The van der Waals surface area contributed by atoms with Crippen molar-refractivity contribution in [1.29, 1.82) is 0 Å². The van der Waals surface area contributed by atoms with Gasteiger partial charge in [-0.25, -0.2) is 4.98 Å². The quantitative estimate of drug-likeness (QED) is 0.696. The van der Waals surface area contributed by atoms with Gasteiger partial charge in [-0.2, -0.15) is 0 Å². The van der Waals surface area contributed by atoms with Gasteiger partial charge in [0, 0.05) is 37.9 Å². The fraction of sp³-hybridized carbons (Fsp3) is 0.467. The Bertz CT molecular complexity index is 606. The third-order valence-corrected chi connectivity index (χ3v) is 4.57. The fourth-order valence-corrected chi connectivity index (χ4v) is 3.01. The Labute approximate surface area is 130 Å². The number of aryl methyl sites for hydroxylation is 3. The Morgan fingerprint density at radius 2 is 2.24 bits per heavy atom. The van der Waals surface area contributed by atoms with Crippen LogP contribution in [0.15, 0.2) is 23.3 Å². The predicted molar refractivity (Wildman–Crippen MR) is 88.7 cm³/mol. The van der Waals surface area contributed by atoms with E-state index in [9.17, 15) is 0 Å². The van der Waals surface area contributed by atoms with Crippen molar-refractivity contribution >= 4 is 17.3 Å². The Kier molecular flexibility index (Phi) is 5.01. The number of hydrogen-bond donors (Lipinski definition) is 1. The number of nitrogens with zero attached hydrogens (tertiary/aromatic N) is 4. The van der Waals surface area contributed by atoms with E-state index in [1.165, 1.54) is 10.6 Å². The van der Waals surface area contributed by atoms with Crippen LogP contribution in [0.2, 0.25) is 0 Å². The smallest absolute Gasteiger partial charge is 0.194 e. The Balaban J connectivity index is 1.95. The van der Waals surface area contributed by atoms with Gasteiger partial charge in [-0.1, -0.05) is 0 Å². The van der Waals surface area contributed by atoms with Crippen LogP contribution in [0, 0.1) is 13.8 Å². The van der Waals surface area contributed by atoms with E-state index in [0.29, 0.717) is 6.54 Å². The van der Waals surface area contributed by atoms with Crippen LogP contribution in [-0.4, -0.2) is 34.5 Å². The van der Waals surface area contributed by atoms with Crippen LogP contribution in [0.3, 0.4) is 0 Å². The number of rotatable bonds is 4. The molecule has 0 aliphatic rings. The van der Waals surface area contributed by atoms with Crippen molar-refractivity contribution in [1.82, 2.24) is 19.8 Å². The number of guanidine groups is 1. The molecule has 114 valence electrons. The van der Waals surface area contributed by atoms with Gasteiger partial charge < -0.3 is 14.8 Å². The van der Waals surface area contributed by atoms with Gasteiger partial charge in [-0.3, -0.25) is 4.99 Å². The first kappa shape index (κ1) is 15.6. The molecule has 0 saturated heterocycles. The third kappa shape index (κ3) is 3.85. The van der Waals surface area contributed by atoms with Crippen molar-refractivity contribution in [2.75, 3.05) is 14.1 Å². The average Bonchev–Trinajstić information content (AvgIpc) is 2.98. The summed E-state index contributed by atoms with van der Waals surface area (Å²) in [4.78, 5) is 12.3. The number of aromatic nitrogens is 2. The molecule has 0 aliphatic carbocycles. The van der Waals surface area contributed by atoms with Crippen LogP contribution in [0.1, 0.15) is 21.3 Å². The van der Waals surface area contributed by atoms with Gasteiger partial charge in [-0.05, 0) is 26.0 Å². The zero-order valence-corrected chi connectivity index (χ0v) is 14.2. The zero-order chi connectivity index (χ0) is 15.4. The highest BCUT2D eigenvalue weighted by atomic mass is 32.1. The molecule has 21 heavy (non-hydrogen) atoms. The summed E-state index contributed by atoms with van der Waals surface area (Å²) >= 11 is 1.74. The topological polar surface area (TPSA) is 45.5 Å². The lowest BCUT2D eigenvalue weighted by atomic mass is 10.4. The molecule has 2 aromatic heterocycles. The summed E-state index contributed by atoms with van der Waals surface area (Å²) < 4.78 is 2.12. The molecular weight excluding hydrogens is 282 g/mol. The number of aliphatic imine (C=N–C) groups is 1. The SMILES string of the molecule is CN=C(NCc1nc(C)c(C)s1)N(C)Cc1cccn1C. The van der Waals surface area contributed by atoms with E-state index in [4.69, 9.17) is 0 Å². The molecule has 2 aromatic rings. The van der Waals surface area contributed by atoms with Crippen molar-refractivity contribution in [3.8, 4) is 0 Å². The first-order chi connectivity index (χ1) is 10.0. The van der Waals surface area contributed by atoms with Crippen molar-refractivity contribution in [3.05, 3.63) is 39.6 Å². The molecule has 0 aromatic carbocycles. The van der Waals surface area contributed by atoms with Crippen LogP contribution in [0.5, 0.6) is 0 Å². The minimum atomic E-state index is 0.712. The maximum absolute atomic E-state index is 4.54. The minimum absolute atomic E-state index is 0.712. The molecule has 0 amide bonds. The molecule has 0 atom stereocenters. The summed E-state index contributed by atoms with van der Waals surface area (Å²) in [6, 6.07) is 4.18. The fourth-order valence-electron chi connectivity index (χ4n) is 2.13. The van der Waals surface area contributed by atoms with Gasteiger partial charge in [0.1, 0.15) is 5.01 Å². The number of nitrogens with one attached hydrogen (secondary N) is 1. The van der Waals surface area contributed by atoms with Crippen LogP contribution < -0.4 is 5.32 Å². The van der Waals surface area contributed by atoms with Crippen molar-refractivity contribution in [2.24, 2.45) is 12.0 Å². The lowest BCUT2D eigenvalue weighted by Gasteiger charge is -2.22. The molecule has 0 unspecified atom stereocenters. The maximum Gasteiger partial charge on any atom is 0.194 e. The predicted octanol–water partition coefficient (Wildman–Crippen LogP) is 2.31. The van der Waals surface area contributed by atoms with Crippen molar-refractivity contribution in [2.45, 2.75) is 26.9 Å². The molecule has 0 saturated carbocycles. The molecule has 0 aliphatic heterocycles. The summed E-state index contributed by atoms with van der Waals surface area (Å²) in [6.45, 7) is 5.68. The Morgan fingerprint density at radius 3 is 2.76 bits per heavy atom. The van der Waals surface area contributed by atoms with Gasteiger partial charge in [-0.15, -0.1) is 11.3 Å². The van der Waals surface area contributed by atoms with Crippen LogP contribution in [-0.2, 0) is 20.1 Å². The lowest BCUT2D eigenvalue weighted by molar-refractivity contribution is 0.461. The molecule has 2 rings (SSSR count). The van der Waals surface area contributed by atoms with Crippen LogP contribution >= 0.6 is 11.3 Å². The number of thiazole rings is 1. The van der Waals surface area contributed by atoms with Crippen LogP contribution in [0.25, 0.3) is 0 Å². The highest BCUT2D eigenvalue weighted by Gasteiger charge is 2.10. The molecule has 2 heterocycles. The highest BCUT2D eigenvalue weighted by Crippen LogP contribution is 2.16. The monoisotopic (exact) mass is 305 g/mol. The Morgan fingerprint density at radius 1 is 1.48 bits per heavy atom. The first-order valence-electron chi connectivity index (χ1n) is 6.96. The average molecular weight is 305 g/mol. The van der Waals surface area contributed by atoms with Gasteiger partial charge in [0.05, 0.1) is 18.8 Å². The number of hydrogen-bond acceptors (Lipinski definition) is 3. The molecule has 5 nitrogen and oxygen atoms in total. The Hall–Kier alpha value is -1.82. The van der Waals surface area contributed by atoms with Crippen molar-refractivity contribution < 1.29 is 0 Å². The van der Waals surface area contributed by atoms with E-state index >= 15 is 0 Å². The molecular formula is C15H23N5S. The largest absolute Gasteiger partial charge is 0.353 e. The van der Waals surface area contributed by atoms with E-state index in [1.807, 2.05) is 21.0 Å². The minimum Gasteiger partial charge on any atom is -0.353 e. The van der Waals surface area contributed by atoms with E-state index in [-0.39, 0.29) is 0 Å².